The smallest absolute Gasteiger partial charge is 0.329 e. The number of hydrogen-bond donors (Lipinski definition) is 1. The Balaban J connectivity index is 2.69. The number of likely N-dealkylation sites (N-methyl/N-ethyl adjacent to an activating group) is 1. The van der Waals surface area contributed by atoms with Crippen LogP contribution in [0.1, 0.15) is 27.2 Å². The molecule has 4 nitrogen and oxygen atoms in total. The Hall–Kier alpha value is -1.06. The largest absolute Gasteiger partial charge is 0.480 e. The quantitative estimate of drug-likeness (QED) is 0.736. The molecule has 1 amide bonds. The minimum Gasteiger partial charge on any atom is -0.480 e. The van der Waals surface area contributed by atoms with Crippen LogP contribution in [0.15, 0.2) is 0 Å². The van der Waals surface area contributed by atoms with E-state index in [-0.39, 0.29) is 11.8 Å². The highest BCUT2D eigenvalue weighted by atomic mass is 16.4. The Morgan fingerprint density at radius 2 is 1.86 bits per heavy atom. The highest BCUT2D eigenvalue weighted by Crippen LogP contribution is 2.39. The van der Waals surface area contributed by atoms with Crippen LogP contribution >= 0.6 is 0 Å². The Kier molecular flexibility index (Phi) is 2.56. The third-order valence-corrected chi connectivity index (χ3v) is 3.12. The van der Waals surface area contributed by atoms with Crippen molar-refractivity contribution in [1.29, 1.82) is 0 Å². The minimum absolute atomic E-state index is 0.0404. The SMILES string of the molecule is CC1CC1C(=O)N(C)C(C)(C)C(=O)O. The first-order valence-corrected chi connectivity index (χ1v) is 4.79. The maximum absolute atomic E-state index is 11.7. The molecule has 0 heterocycles. The van der Waals surface area contributed by atoms with Gasteiger partial charge in [0.25, 0.3) is 0 Å². The standard InChI is InChI=1S/C10H17NO3/c1-6-5-7(6)8(12)11(4)10(2,3)9(13)14/h6-7H,5H2,1-4H3,(H,13,14). The Labute approximate surface area is 83.9 Å². The first-order valence-electron chi connectivity index (χ1n) is 4.79. The third kappa shape index (κ3) is 1.74. The van der Waals surface area contributed by atoms with Gasteiger partial charge in [0.2, 0.25) is 5.91 Å². The molecule has 1 aliphatic carbocycles. The van der Waals surface area contributed by atoms with Crippen molar-refractivity contribution in [3.8, 4) is 0 Å². The molecule has 0 aliphatic heterocycles. The van der Waals surface area contributed by atoms with Crippen molar-refractivity contribution >= 4 is 11.9 Å². The van der Waals surface area contributed by atoms with Crippen molar-refractivity contribution in [1.82, 2.24) is 4.90 Å². The molecule has 1 N–H and O–H groups in total. The molecule has 4 heteroatoms. The van der Waals surface area contributed by atoms with Crippen molar-refractivity contribution < 1.29 is 14.7 Å². The molecule has 1 aliphatic rings. The monoisotopic (exact) mass is 199 g/mol. The van der Waals surface area contributed by atoms with Crippen molar-refractivity contribution in [3.63, 3.8) is 0 Å². The molecule has 0 saturated heterocycles. The first kappa shape index (κ1) is 11.0. The molecule has 2 unspecified atom stereocenters. The number of amides is 1. The van der Waals surface area contributed by atoms with Gasteiger partial charge in [0, 0.05) is 13.0 Å². The van der Waals surface area contributed by atoms with Crippen molar-refractivity contribution in [2.45, 2.75) is 32.7 Å². The van der Waals surface area contributed by atoms with E-state index < -0.39 is 11.5 Å². The van der Waals surface area contributed by atoms with Crippen molar-refractivity contribution in [3.05, 3.63) is 0 Å². The lowest BCUT2D eigenvalue weighted by Gasteiger charge is -2.31. The number of aliphatic carboxylic acids is 1. The van der Waals surface area contributed by atoms with Crippen molar-refractivity contribution in [2.24, 2.45) is 11.8 Å². The Bertz CT molecular complexity index is 273. The van der Waals surface area contributed by atoms with E-state index >= 15 is 0 Å². The van der Waals surface area contributed by atoms with E-state index in [9.17, 15) is 9.59 Å². The van der Waals surface area contributed by atoms with E-state index in [2.05, 4.69) is 0 Å². The molecule has 1 fully saturated rings. The molecule has 0 spiro atoms. The van der Waals surface area contributed by atoms with Crippen LogP contribution in [0.2, 0.25) is 0 Å². The second-order valence-corrected chi connectivity index (χ2v) is 4.58. The van der Waals surface area contributed by atoms with Crippen LogP contribution in [0, 0.1) is 11.8 Å². The van der Waals surface area contributed by atoms with Gasteiger partial charge in [0.15, 0.2) is 0 Å². The van der Waals surface area contributed by atoms with Crippen molar-refractivity contribution in [2.75, 3.05) is 7.05 Å². The average Bonchev–Trinajstić information content (AvgIpc) is 2.79. The normalized spacial score (nSPS) is 25.7. The highest BCUT2D eigenvalue weighted by molar-refractivity contribution is 5.88. The van der Waals surface area contributed by atoms with Gasteiger partial charge in [-0.25, -0.2) is 4.79 Å². The van der Waals surface area contributed by atoms with Crippen LogP contribution in [0.5, 0.6) is 0 Å². The minimum atomic E-state index is -1.11. The van der Waals surface area contributed by atoms with Gasteiger partial charge in [-0.2, -0.15) is 0 Å². The fourth-order valence-corrected chi connectivity index (χ4v) is 1.33. The lowest BCUT2D eigenvalue weighted by molar-refractivity contribution is -0.155. The second kappa shape index (κ2) is 3.26. The third-order valence-electron chi connectivity index (χ3n) is 3.12. The van der Waals surface area contributed by atoms with E-state index in [4.69, 9.17) is 5.11 Å². The molecule has 0 aromatic heterocycles. The molecule has 1 rings (SSSR count). The van der Waals surface area contributed by atoms with Gasteiger partial charge in [-0.15, -0.1) is 0 Å². The Morgan fingerprint density at radius 1 is 1.43 bits per heavy atom. The summed E-state index contributed by atoms with van der Waals surface area (Å²) in [5.74, 6) is -0.570. The zero-order valence-corrected chi connectivity index (χ0v) is 9.07. The molecule has 80 valence electrons. The number of nitrogens with zero attached hydrogens (tertiary/aromatic N) is 1. The lowest BCUT2D eigenvalue weighted by Crippen LogP contribution is -2.51. The summed E-state index contributed by atoms with van der Waals surface area (Å²) in [7, 11) is 1.56. The first-order chi connectivity index (χ1) is 6.28. The van der Waals surface area contributed by atoms with Gasteiger partial charge >= 0.3 is 5.97 Å². The van der Waals surface area contributed by atoms with Crippen LogP contribution in [-0.4, -0.2) is 34.5 Å². The molecule has 1 saturated carbocycles. The number of carboxylic acids is 1. The van der Waals surface area contributed by atoms with Gasteiger partial charge in [-0.05, 0) is 26.2 Å². The van der Waals surface area contributed by atoms with E-state index in [0.29, 0.717) is 5.92 Å². The predicted octanol–water partition coefficient (Wildman–Crippen LogP) is 0.964. The summed E-state index contributed by atoms with van der Waals surface area (Å²) in [5.41, 5.74) is -1.11. The summed E-state index contributed by atoms with van der Waals surface area (Å²) in [6.07, 6.45) is 0.888. The van der Waals surface area contributed by atoms with E-state index in [1.54, 1.807) is 20.9 Å². The molecule has 0 aromatic rings. The summed E-state index contributed by atoms with van der Waals surface area (Å²) >= 11 is 0. The molecule has 2 atom stereocenters. The summed E-state index contributed by atoms with van der Waals surface area (Å²) in [6, 6.07) is 0. The number of hydrogen-bond acceptors (Lipinski definition) is 2. The van der Waals surface area contributed by atoms with Gasteiger partial charge in [-0.3, -0.25) is 4.79 Å². The summed E-state index contributed by atoms with van der Waals surface area (Å²) in [5, 5.41) is 8.93. The maximum Gasteiger partial charge on any atom is 0.329 e. The van der Waals surface area contributed by atoms with Crippen LogP contribution < -0.4 is 0 Å². The number of carbonyl (C=O) groups excluding carboxylic acids is 1. The number of rotatable bonds is 3. The van der Waals surface area contributed by atoms with Gasteiger partial charge in [-0.1, -0.05) is 6.92 Å². The van der Waals surface area contributed by atoms with Crippen LogP contribution in [0.25, 0.3) is 0 Å². The highest BCUT2D eigenvalue weighted by Gasteiger charge is 2.45. The molecule has 14 heavy (non-hydrogen) atoms. The summed E-state index contributed by atoms with van der Waals surface area (Å²) in [6.45, 7) is 5.09. The van der Waals surface area contributed by atoms with Gasteiger partial charge in [0.05, 0.1) is 0 Å². The molecule has 0 bridgehead atoms. The van der Waals surface area contributed by atoms with E-state index in [0.717, 1.165) is 6.42 Å². The molecular formula is C10H17NO3. The topological polar surface area (TPSA) is 57.6 Å². The lowest BCUT2D eigenvalue weighted by atomic mass is 10.0. The summed E-state index contributed by atoms with van der Waals surface area (Å²) < 4.78 is 0. The van der Waals surface area contributed by atoms with Gasteiger partial charge < -0.3 is 10.0 Å². The average molecular weight is 199 g/mol. The van der Waals surface area contributed by atoms with E-state index in [1.165, 1.54) is 4.90 Å². The molecule has 0 radical (unpaired) electrons. The zero-order chi connectivity index (χ0) is 11.1. The number of carbonyl (C=O) groups is 2. The van der Waals surface area contributed by atoms with Crippen LogP contribution in [0.3, 0.4) is 0 Å². The Morgan fingerprint density at radius 3 is 2.14 bits per heavy atom. The van der Waals surface area contributed by atoms with Crippen LogP contribution in [0.4, 0.5) is 0 Å². The van der Waals surface area contributed by atoms with Crippen LogP contribution in [-0.2, 0) is 9.59 Å². The second-order valence-electron chi connectivity index (χ2n) is 4.58. The predicted molar refractivity (Wildman–Crippen MR) is 51.8 cm³/mol. The molecular weight excluding hydrogens is 182 g/mol. The molecule has 0 aromatic carbocycles. The fraction of sp³-hybridized carbons (Fsp3) is 0.800. The maximum atomic E-state index is 11.7. The van der Waals surface area contributed by atoms with E-state index in [1.807, 2.05) is 6.92 Å². The number of carboxylic acid groups (broad SMARTS) is 1. The summed E-state index contributed by atoms with van der Waals surface area (Å²) in [4.78, 5) is 24.0. The van der Waals surface area contributed by atoms with Gasteiger partial charge in [0.1, 0.15) is 5.54 Å². The zero-order valence-electron chi connectivity index (χ0n) is 9.07. The fourth-order valence-electron chi connectivity index (χ4n) is 1.33.